The Balaban J connectivity index is 1.97. The number of nitrogens with one attached hydrogen (secondary N) is 1. The monoisotopic (exact) mass is 315 g/mol. The first kappa shape index (κ1) is 16.0. The highest BCUT2D eigenvalue weighted by molar-refractivity contribution is 7.90. The van der Waals surface area contributed by atoms with Crippen molar-refractivity contribution in [2.24, 2.45) is 0 Å². The number of rotatable bonds is 5. The smallest absolute Gasteiger partial charge is 0.251 e. The summed E-state index contributed by atoms with van der Waals surface area (Å²) >= 11 is 0. The van der Waals surface area contributed by atoms with Crippen LogP contribution in [0.3, 0.4) is 0 Å². The third kappa shape index (κ3) is 4.56. The van der Waals surface area contributed by atoms with Crippen LogP contribution in [0.15, 0.2) is 65.6 Å². The summed E-state index contributed by atoms with van der Waals surface area (Å²) in [5.41, 5.74) is 1.38. The minimum absolute atomic E-state index is 0.139. The normalized spacial score (nSPS) is 11.5. The molecule has 0 aliphatic rings. The molecule has 114 valence electrons. The Hall–Kier alpha value is -2.40. The molecule has 0 aliphatic carbocycles. The molecule has 1 N–H and O–H groups in total. The lowest BCUT2D eigenvalue weighted by atomic mass is 10.2. The average molecular weight is 315 g/mol. The lowest BCUT2D eigenvalue weighted by Crippen LogP contribution is -2.23. The summed E-state index contributed by atoms with van der Waals surface area (Å²) in [6.07, 6.45) is 4.87. The molecule has 2 aromatic carbocycles. The van der Waals surface area contributed by atoms with Crippen molar-refractivity contribution in [3.05, 3.63) is 71.8 Å². The summed E-state index contributed by atoms with van der Waals surface area (Å²) in [5, 5.41) is 2.73. The predicted molar refractivity (Wildman–Crippen MR) is 87.4 cm³/mol. The van der Waals surface area contributed by atoms with Crippen molar-refractivity contribution < 1.29 is 13.2 Å². The number of amides is 1. The van der Waals surface area contributed by atoms with Gasteiger partial charge in [0.25, 0.3) is 5.91 Å². The van der Waals surface area contributed by atoms with Crippen LogP contribution in [0.4, 0.5) is 0 Å². The van der Waals surface area contributed by atoms with Crippen molar-refractivity contribution in [2.45, 2.75) is 4.90 Å². The van der Waals surface area contributed by atoms with Gasteiger partial charge in [-0.2, -0.15) is 0 Å². The van der Waals surface area contributed by atoms with Crippen LogP contribution in [0.25, 0.3) is 6.08 Å². The minimum atomic E-state index is -3.31. The van der Waals surface area contributed by atoms with Crippen molar-refractivity contribution >= 4 is 21.8 Å². The molecule has 0 atom stereocenters. The van der Waals surface area contributed by atoms with E-state index in [0.717, 1.165) is 11.8 Å². The second-order valence-electron chi connectivity index (χ2n) is 4.82. The highest BCUT2D eigenvalue weighted by Crippen LogP contribution is 2.11. The topological polar surface area (TPSA) is 63.2 Å². The summed E-state index contributed by atoms with van der Waals surface area (Å²) in [6, 6.07) is 15.8. The summed E-state index contributed by atoms with van der Waals surface area (Å²) in [5.74, 6) is -0.303. The fourth-order valence-corrected chi connectivity index (χ4v) is 2.55. The fourth-order valence-electron chi connectivity index (χ4n) is 1.88. The second-order valence-corrected chi connectivity index (χ2v) is 6.84. The first-order valence-electron chi connectivity index (χ1n) is 6.77. The van der Waals surface area contributed by atoms with Crippen LogP contribution in [0.2, 0.25) is 0 Å². The Bertz CT molecular complexity index is 781. The number of hydrogen-bond donors (Lipinski definition) is 1. The minimum Gasteiger partial charge on any atom is -0.349 e. The van der Waals surface area contributed by atoms with Crippen molar-refractivity contribution in [3.63, 3.8) is 0 Å². The van der Waals surface area contributed by atoms with Gasteiger partial charge < -0.3 is 5.32 Å². The van der Waals surface area contributed by atoms with Gasteiger partial charge in [0.15, 0.2) is 9.84 Å². The molecule has 2 rings (SSSR count). The zero-order valence-electron chi connectivity index (χ0n) is 12.2. The Kier molecular flexibility index (Phi) is 5.12. The van der Waals surface area contributed by atoms with Crippen molar-refractivity contribution in [2.75, 3.05) is 12.8 Å². The van der Waals surface area contributed by atoms with Gasteiger partial charge in [-0.25, -0.2) is 8.42 Å². The standard InChI is InChI=1S/C17H17NO3S/c1-22(20,21)16-11-5-10-15(13-16)17(19)18-12-6-9-14-7-3-2-4-8-14/h2-11,13H,12H2,1H3,(H,18,19). The first-order valence-corrected chi connectivity index (χ1v) is 8.66. The maximum absolute atomic E-state index is 12.0. The molecule has 0 spiro atoms. The van der Waals surface area contributed by atoms with E-state index in [4.69, 9.17) is 0 Å². The van der Waals surface area contributed by atoms with E-state index in [1.807, 2.05) is 42.5 Å². The maximum Gasteiger partial charge on any atom is 0.251 e. The molecular weight excluding hydrogens is 298 g/mol. The van der Waals surface area contributed by atoms with E-state index in [1.54, 1.807) is 12.1 Å². The molecule has 0 fully saturated rings. The quantitative estimate of drug-likeness (QED) is 0.922. The third-order valence-electron chi connectivity index (χ3n) is 3.01. The van der Waals surface area contributed by atoms with Gasteiger partial charge in [-0.3, -0.25) is 4.79 Å². The van der Waals surface area contributed by atoms with Crippen LogP contribution in [-0.4, -0.2) is 27.1 Å². The van der Waals surface area contributed by atoms with E-state index in [-0.39, 0.29) is 10.8 Å². The Labute approximate surface area is 130 Å². The van der Waals surface area contributed by atoms with Gasteiger partial charge >= 0.3 is 0 Å². The van der Waals surface area contributed by atoms with E-state index >= 15 is 0 Å². The van der Waals surface area contributed by atoms with Crippen LogP contribution in [0.5, 0.6) is 0 Å². The molecule has 22 heavy (non-hydrogen) atoms. The van der Waals surface area contributed by atoms with Crippen molar-refractivity contribution in [1.29, 1.82) is 0 Å². The number of hydrogen-bond acceptors (Lipinski definition) is 3. The van der Waals surface area contributed by atoms with Crippen molar-refractivity contribution in [1.82, 2.24) is 5.32 Å². The van der Waals surface area contributed by atoms with Gasteiger partial charge in [0, 0.05) is 18.4 Å². The molecule has 0 aliphatic heterocycles. The van der Waals surface area contributed by atoms with Crippen LogP contribution in [-0.2, 0) is 9.84 Å². The summed E-state index contributed by atoms with van der Waals surface area (Å²) < 4.78 is 23.0. The number of carbonyl (C=O) groups excluding carboxylic acids is 1. The summed E-state index contributed by atoms with van der Waals surface area (Å²) in [7, 11) is -3.31. The van der Waals surface area contributed by atoms with Gasteiger partial charge in [0.05, 0.1) is 4.90 Å². The van der Waals surface area contributed by atoms with Gasteiger partial charge in [-0.1, -0.05) is 48.6 Å². The molecule has 0 unspecified atom stereocenters. The van der Waals surface area contributed by atoms with E-state index < -0.39 is 9.84 Å². The summed E-state index contributed by atoms with van der Waals surface area (Å²) in [6.45, 7) is 0.372. The van der Waals surface area contributed by atoms with E-state index in [0.29, 0.717) is 12.1 Å². The number of sulfone groups is 1. The first-order chi connectivity index (χ1) is 10.5. The van der Waals surface area contributed by atoms with Gasteiger partial charge in [0.1, 0.15) is 0 Å². The lowest BCUT2D eigenvalue weighted by molar-refractivity contribution is 0.0958. The van der Waals surface area contributed by atoms with Crippen molar-refractivity contribution in [3.8, 4) is 0 Å². The SMILES string of the molecule is CS(=O)(=O)c1cccc(C(=O)NCC=Cc2ccccc2)c1. The highest BCUT2D eigenvalue weighted by Gasteiger charge is 2.10. The van der Waals surface area contributed by atoms with E-state index in [1.165, 1.54) is 12.1 Å². The highest BCUT2D eigenvalue weighted by atomic mass is 32.2. The fraction of sp³-hybridized carbons (Fsp3) is 0.118. The van der Waals surface area contributed by atoms with Gasteiger partial charge in [-0.15, -0.1) is 0 Å². The van der Waals surface area contributed by atoms with Crippen LogP contribution < -0.4 is 5.32 Å². The number of carbonyl (C=O) groups is 1. The Morgan fingerprint density at radius 2 is 1.82 bits per heavy atom. The lowest BCUT2D eigenvalue weighted by Gasteiger charge is -2.04. The Morgan fingerprint density at radius 1 is 1.09 bits per heavy atom. The molecule has 4 nitrogen and oxygen atoms in total. The molecule has 0 aromatic heterocycles. The molecule has 5 heteroatoms. The molecule has 0 radical (unpaired) electrons. The maximum atomic E-state index is 12.0. The van der Waals surface area contributed by atoms with Crippen LogP contribution in [0.1, 0.15) is 15.9 Å². The Morgan fingerprint density at radius 3 is 2.50 bits per heavy atom. The van der Waals surface area contributed by atoms with Gasteiger partial charge in [-0.05, 0) is 23.8 Å². The second kappa shape index (κ2) is 7.04. The molecule has 0 bridgehead atoms. The molecule has 2 aromatic rings. The zero-order valence-corrected chi connectivity index (χ0v) is 13.0. The molecular formula is C17H17NO3S. The molecule has 0 saturated carbocycles. The largest absolute Gasteiger partial charge is 0.349 e. The molecule has 0 saturated heterocycles. The molecule has 0 heterocycles. The average Bonchev–Trinajstić information content (AvgIpc) is 2.52. The third-order valence-corrected chi connectivity index (χ3v) is 4.12. The van der Waals surface area contributed by atoms with Gasteiger partial charge in [0.2, 0.25) is 0 Å². The van der Waals surface area contributed by atoms with Crippen LogP contribution >= 0.6 is 0 Å². The van der Waals surface area contributed by atoms with E-state index in [9.17, 15) is 13.2 Å². The predicted octanol–water partition coefficient (Wildman–Crippen LogP) is 2.53. The number of benzene rings is 2. The zero-order chi connectivity index (χ0) is 16.0. The molecule has 1 amide bonds. The summed E-state index contributed by atoms with van der Waals surface area (Å²) in [4.78, 5) is 12.1. The van der Waals surface area contributed by atoms with Crippen LogP contribution in [0, 0.1) is 0 Å². The van der Waals surface area contributed by atoms with E-state index in [2.05, 4.69) is 5.32 Å².